The number of aromatic nitrogens is 3. The molecule has 1 saturated carbocycles. The Labute approximate surface area is 114 Å². The molecular weight excluding hydrogens is 236 g/mol. The molecule has 0 atom stereocenters. The maximum atomic E-state index is 4.26. The summed E-state index contributed by atoms with van der Waals surface area (Å²) in [6.07, 6.45) is 8.35. The third-order valence-electron chi connectivity index (χ3n) is 4.18. The van der Waals surface area contributed by atoms with Crippen molar-refractivity contribution in [2.24, 2.45) is 5.92 Å². The standard InChI is InChI=1S/C15H22N4/c1-12-5-7-13(8-6-12)16-10-9-15-18-17-14-4-2-3-11-19(14)15/h2-4,11-13,16H,5-10H2,1H3. The van der Waals surface area contributed by atoms with E-state index in [0.29, 0.717) is 6.04 Å². The molecule has 0 amide bonds. The first-order chi connectivity index (χ1) is 9.33. The Balaban J connectivity index is 1.52. The second-order valence-corrected chi connectivity index (χ2v) is 5.71. The van der Waals surface area contributed by atoms with Gasteiger partial charge in [0.1, 0.15) is 5.82 Å². The quantitative estimate of drug-likeness (QED) is 0.916. The first-order valence-electron chi connectivity index (χ1n) is 7.35. The van der Waals surface area contributed by atoms with Crippen molar-refractivity contribution < 1.29 is 0 Å². The van der Waals surface area contributed by atoms with Crippen LogP contribution in [0.4, 0.5) is 0 Å². The Morgan fingerprint density at radius 1 is 1.21 bits per heavy atom. The molecule has 4 nitrogen and oxygen atoms in total. The summed E-state index contributed by atoms with van der Waals surface area (Å²) in [6, 6.07) is 6.72. The van der Waals surface area contributed by atoms with Crippen molar-refractivity contribution in [1.29, 1.82) is 0 Å². The molecule has 0 bridgehead atoms. The van der Waals surface area contributed by atoms with E-state index in [-0.39, 0.29) is 0 Å². The summed E-state index contributed by atoms with van der Waals surface area (Å²) in [5.74, 6) is 1.96. The molecule has 1 aliphatic carbocycles. The predicted octanol–water partition coefficient (Wildman–Crippen LogP) is 2.44. The average Bonchev–Trinajstić information content (AvgIpc) is 2.85. The van der Waals surface area contributed by atoms with Gasteiger partial charge in [-0.1, -0.05) is 13.0 Å². The van der Waals surface area contributed by atoms with Crippen molar-refractivity contribution in [2.45, 2.75) is 45.1 Å². The molecule has 0 unspecified atom stereocenters. The maximum Gasteiger partial charge on any atom is 0.160 e. The summed E-state index contributed by atoms with van der Waals surface area (Å²) in [6.45, 7) is 3.35. The highest BCUT2D eigenvalue weighted by Gasteiger charge is 2.17. The zero-order chi connectivity index (χ0) is 13.1. The normalized spacial score (nSPS) is 23.8. The van der Waals surface area contributed by atoms with Crippen molar-refractivity contribution in [3.63, 3.8) is 0 Å². The fraction of sp³-hybridized carbons (Fsp3) is 0.600. The van der Waals surface area contributed by atoms with Gasteiger partial charge in [-0.05, 0) is 43.7 Å². The van der Waals surface area contributed by atoms with Gasteiger partial charge in [-0.15, -0.1) is 10.2 Å². The van der Waals surface area contributed by atoms with Crippen molar-refractivity contribution in [2.75, 3.05) is 6.54 Å². The molecule has 0 radical (unpaired) electrons. The summed E-state index contributed by atoms with van der Waals surface area (Å²) in [4.78, 5) is 0. The lowest BCUT2D eigenvalue weighted by Crippen LogP contribution is -2.34. The largest absolute Gasteiger partial charge is 0.314 e. The van der Waals surface area contributed by atoms with Gasteiger partial charge in [0, 0.05) is 25.2 Å². The SMILES string of the molecule is CC1CCC(NCCc2nnc3ccccn23)CC1. The van der Waals surface area contributed by atoms with Crippen LogP contribution in [0.25, 0.3) is 5.65 Å². The van der Waals surface area contributed by atoms with Crippen LogP contribution >= 0.6 is 0 Å². The van der Waals surface area contributed by atoms with Gasteiger partial charge in [-0.2, -0.15) is 0 Å². The number of nitrogens with zero attached hydrogens (tertiary/aromatic N) is 3. The number of pyridine rings is 1. The molecule has 0 saturated heterocycles. The molecule has 19 heavy (non-hydrogen) atoms. The molecule has 0 spiro atoms. The minimum absolute atomic E-state index is 0.704. The van der Waals surface area contributed by atoms with E-state index in [4.69, 9.17) is 0 Å². The minimum atomic E-state index is 0.704. The molecule has 0 aliphatic heterocycles. The fourth-order valence-electron chi connectivity index (χ4n) is 2.91. The summed E-state index contributed by atoms with van der Waals surface area (Å²) in [7, 11) is 0. The molecule has 3 rings (SSSR count). The highest BCUT2D eigenvalue weighted by Crippen LogP contribution is 2.23. The Morgan fingerprint density at radius 3 is 2.89 bits per heavy atom. The predicted molar refractivity (Wildman–Crippen MR) is 76.1 cm³/mol. The number of fused-ring (bicyclic) bond motifs is 1. The van der Waals surface area contributed by atoms with Crippen LogP contribution in [0.3, 0.4) is 0 Å². The van der Waals surface area contributed by atoms with E-state index >= 15 is 0 Å². The summed E-state index contributed by atoms with van der Waals surface area (Å²) < 4.78 is 2.07. The van der Waals surface area contributed by atoms with Crippen LogP contribution in [0, 0.1) is 5.92 Å². The first kappa shape index (κ1) is 12.6. The van der Waals surface area contributed by atoms with E-state index in [0.717, 1.165) is 30.4 Å². The van der Waals surface area contributed by atoms with Crippen LogP contribution in [0.1, 0.15) is 38.4 Å². The summed E-state index contributed by atoms with van der Waals surface area (Å²) in [5, 5.41) is 12.1. The van der Waals surface area contributed by atoms with E-state index in [1.165, 1.54) is 25.7 Å². The van der Waals surface area contributed by atoms with Gasteiger partial charge < -0.3 is 5.32 Å². The van der Waals surface area contributed by atoms with E-state index < -0.39 is 0 Å². The smallest absolute Gasteiger partial charge is 0.160 e. The maximum absolute atomic E-state index is 4.26. The topological polar surface area (TPSA) is 42.2 Å². The van der Waals surface area contributed by atoms with Crippen molar-refractivity contribution in [3.05, 3.63) is 30.2 Å². The summed E-state index contributed by atoms with van der Waals surface area (Å²) in [5.41, 5.74) is 0.934. The number of rotatable bonds is 4. The average molecular weight is 258 g/mol. The molecule has 2 heterocycles. The first-order valence-corrected chi connectivity index (χ1v) is 7.35. The van der Waals surface area contributed by atoms with Crippen molar-refractivity contribution in [1.82, 2.24) is 19.9 Å². The summed E-state index contributed by atoms with van der Waals surface area (Å²) >= 11 is 0. The number of hydrogen-bond acceptors (Lipinski definition) is 3. The lowest BCUT2D eigenvalue weighted by Gasteiger charge is -2.26. The van der Waals surface area contributed by atoms with Gasteiger partial charge in [-0.3, -0.25) is 4.40 Å². The zero-order valence-electron chi connectivity index (χ0n) is 11.5. The van der Waals surface area contributed by atoms with Gasteiger partial charge in [0.2, 0.25) is 0 Å². The van der Waals surface area contributed by atoms with Gasteiger partial charge in [0.15, 0.2) is 5.65 Å². The Bertz CT molecular complexity index is 526. The Kier molecular flexibility index (Phi) is 3.78. The van der Waals surface area contributed by atoms with E-state index in [9.17, 15) is 0 Å². The van der Waals surface area contributed by atoms with Crippen LogP contribution in [-0.2, 0) is 6.42 Å². The van der Waals surface area contributed by atoms with E-state index in [2.05, 4.69) is 26.8 Å². The molecule has 102 valence electrons. The number of nitrogens with one attached hydrogen (secondary N) is 1. The van der Waals surface area contributed by atoms with E-state index in [1.54, 1.807) is 0 Å². The molecule has 2 aromatic heterocycles. The fourth-order valence-corrected chi connectivity index (χ4v) is 2.91. The lowest BCUT2D eigenvalue weighted by atomic mass is 9.87. The van der Waals surface area contributed by atoms with Crippen LogP contribution in [0.2, 0.25) is 0 Å². The highest BCUT2D eigenvalue weighted by molar-refractivity contribution is 5.36. The van der Waals surface area contributed by atoms with Gasteiger partial charge in [0.05, 0.1) is 0 Å². The van der Waals surface area contributed by atoms with Crippen LogP contribution in [0.15, 0.2) is 24.4 Å². The second-order valence-electron chi connectivity index (χ2n) is 5.71. The second kappa shape index (κ2) is 5.70. The zero-order valence-corrected chi connectivity index (χ0v) is 11.5. The Hall–Kier alpha value is -1.42. The van der Waals surface area contributed by atoms with Gasteiger partial charge in [-0.25, -0.2) is 0 Å². The molecule has 1 aliphatic rings. The third kappa shape index (κ3) is 2.95. The molecule has 1 N–H and O–H groups in total. The molecule has 2 aromatic rings. The monoisotopic (exact) mass is 258 g/mol. The van der Waals surface area contributed by atoms with Gasteiger partial charge >= 0.3 is 0 Å². The van der Waals surface area contributed by atoms with Crippen LogP contribution < -0.4 is 5.32 Å². The molecule has 1 fully saturated rings. The molecule has 0 aromatic carbocycles. The Morgan fingerprint density at radius 2 is 2.05 bits per heavy atom. The van der Waals surface area contributed by atoms with Crippen molar-refractivity contribution >= 4 is 5.65 Å². The van der Waals surface area contributed by atoms with Crippen LogP contribution in [-0.4, -0.2) is 27.2 Å². The van der Waals surface area contributed by atoms with Gasteiger partial charge in [0.25, 0.3) is 0 Å². The van der Waals surface area contributed by atoms with Crippen LogP contribution in [0.5, 0.6) is 0 Å². The number of hydrogen-bond donors (Lipinski definition) is 1. The van der Waals surface area contributed by atoms with E-state index in [1.807, 2.05) is 24.4 Å². The molecule has 4 heteroatoms. The minimum Gasteiger partial charge on any atom is -0.314 e. The third-order valence-corrected chi connectivity index (χ3v) is 4.18. The lowest BCUT2D eigenvalue weighted by molar-refractivity contribution is 0.308. The molecular formula is C15H22N4. The highest BCUT2D eigenvalue weighted by atomic mass is 15.2. The van der Waals surface area contributed by atoms with Crippen molar-refractivity contribution in [3.8, 4) is 0 Å².